The molecule has 0 saturated carbocycles. The van der Waals surface area contributed by atoms with Crippen molar-refractivity contribution < 1.29 is 4.74 Å². The molecule has 2 unspecified atom stereocenters. The molecule has 1 saturated heterocycles. The summed E-state index contributed by atoms with van der Waals surface area (Å²) in [5, 5.41) is 4.22. The van der Waals surface area contributed by atoms with Crippen molar-refractivity contribution in [3.05, 3.63) is 108 Å². The number of para-hydroxylation sites is 1. The highest BCUT2D eigenvalue weighted by Crippen LogP contribution is 2.43. The Balaban J connectivity index is 1.65. The van der Waals surface area contributed by atoms with Crippen molar-refractivity contribution in [2.45, 2.75) is 25.9 Å². The summed E-state index contributed by atoms with van der Waals surface area (Å²) in [5.74, 6) is 0.848. The molecule has 5 rings (SSSR count). The summed E-state index contributed by atoms with van der Waals surface area (Å²) in [7, 11) is 0. The fourth-order valence-electron chi connectivity index (χ4n) is 4.52. The second-order valence-corrected chi connectivity index (χ2v) is 8.38. The van der Waals surface area contributed by atoms with E-state index in [-0.39, 0.29) is 12.1 Å². The van der Waals surface area contributed by atoms with E-state index in [1.165, 1.54) is 5.69 Å². The lowest BCUT2D eigenvalue weighted by molar-refractivity contribution is 0.340. The third-order valence-electron chi connectivity index (χ3n) is 5.95. The summed E-state index contributed by atoms with van der Waals surface area (Å²) in [6.45, 7) is 4.76. The molecular weight excluding hydrogens is 428 g/mol. The highest BCUT2D eigenvalue weighted by molar-refractivity contribution is 7.80. The first-order valence-electron chi connectivity index (χ1n) is 11.1. The molecule has 4 aromatic rings. The Morgan fingerprint density at radius 2 is 1.67 bits per heavy atom. The van der Waals surface area contributed by atoms with Gasteiger partial charge in [0.15, 0.2) is 5.11 Å². The van der Waals surface area contributed by atoms with Gasteiger partial charge in [-0.1, -0.05) is 24.3 Å². The zero-order valence-electron chi connectivity index (χ0n) is 18.7. The number of aromatic nitrogens is 2. The Morgan fingerprint density at radius 1 is 0.909 bits per heavy atom. The van der Waals surface area contributed by atoms with Crippen molar-refractivity contribution >= 4 is 23.0 Å². The van der Waals surface area contributed by atoms with E-state index >= 15 is 0 Å². The molecule has 5 nitrogen and oxygen atoms in total. The SMILES string of the molecule is CCOc1ccc(N2C(=S)NC(c3ccccn3)C2c2ccc(C)n2-c2ccccc2)cc1. The van der Waals surface area contributed by atoms with E-state index < -0.39 is 0 Å². The van der Waals surface area contributed by atoms with Gasteiger partial charge in [0.2, 0.25) is 0 Å². The summed E-state index contributed by atoms with van der Waals surface area (Å²) < 4.78 is 7.95. The molecule has 0 radical (unpaired) electrons. The van der Waals surface area contributed by atoms with Crippen LogP contribution in [0.5, 0.6) is 5.75 Å². The van der Waals surface area contributed by atoms with Gasteiger partial charge in [-0.05, 0) is 86.7 Å². The van der Waals surface area contributed by atoms with Crippen molar-refractivity contribution in [3.63, 3.8) is 0 Å². The third kappa shape index (κ3) is 3.98. The topological polar surface area (TPSA) is 42.3 Å². The average molecular weight is 455 g/mol. The first-order valence-corrected chi connectivity index (χ1v) is 11.6. The molecule has 33 heavy (non-hydrogen) atoms. The van der Waals surface area contributed by atoms with Crippen LogP contribution < -0.4 is 15.0 Å². The number of pyridine rings is 1. The van der Waals surface area contributed by atoms with Crippen LogP contribution in [0.15, 0.2) is 91.1 Å². The van der Waals surface area contributed by atoms with E-state index in [2.05, 4.69) is 81.3 Å². The van der Waals surface area contributed by atoms with Crippen LogP contribution in [0.4, 0.5) is 5.69 Å². The van der Waals surface area contributed by atoms with Crippen molar-refractivity contribution in [2.24, 2.45) is 0 Å². The highest BCUT2D eigenvalue weighted by Gasteiger charge is 2.42. The second kappa shape index (κ2) is 9.08. The first kappa shape index (κ1) is 21.2. The van der Waals surface area contributed by atoms with Crippen molar-refractivity contribution in [1.82, 2.24) is 14.9 Å². The molecular formula is C27H26N4OS. The summed E-state index contributed by atoms with van der Waals surface area (Å²) >= 11 is 5.87. The summed E-state index contributed by atoms with van der Waals surface area (Å²) in [5.41, 5.74) is 5.41. The Labute approximate surface area is 199 Å². The lowest BCUT2D eigenvalue weighted by Gasteiger charge is -2.29. The number of hydrogen-bond donors (Lipinski definition) is 1. The second-order valence-electron chi connectivity index (χ2n) is 7.99. The number of nitrogens with zero attached hydrogens (tertiary/aromatic N) is 3. The molecule has 166 valence electrons. The number of rotatable bonds is 6. The van der Waals surface area contributed by atoms with Gasteiger partial charge in [0, 0.05) is 29.0 Å². The Bertz CT molecular complexity index is 1240. The molecule has 6 heteroatoms. The van der Waals surface area contributed by atoms with Gasteiger partial charge in [-0.15, -0.1) is 0 Å². The van der Waals surface area contributed by atoms with Crippen LogP contribution in [0.3, 0.4) is 0 Å². The van der Waals surface area contributed by atoms with Crippen LogP contribution in [0.2, 0.25) is 0 Å². The number of ether oxygens (including phenoxy) is 1. The van der Waals surface area contributed by atoms with Crippen LogP contribution in [-0.4, -0.2) is 21.3 Å². The smallest absolute Gasteiger partial charge is 0.174 e. The van der Waals surface area contributed by atoms with Crippen LogP contribution in [0.25, 0.3) is 5.69 Å². The van der Waals surface area contributed by atoms with Crippen molar-refractivity contribution in [2.75, 3.05) is 11.5 Å². The Morgan fingerprint density at radius 3 is 2.36 bits per heavy atom. The van der Waals surface area contributed by atoms with Crippen LogP contribution >= 0.6 is 12.2 Å². The number of benzene rings is 2. The Kier molecular flexibility index (Phi) is 5.84. The van der Waals surface area contributed by atoms with Gasteiger partial charge >= 0.3 is 0 Å². The molecule has 2 atom stereocenters. The van der Waals surface area contributed by atoms with Crippen LogP contribution in [-0.2, 0) is 0 Å². The molecule has 0 bridgehead atoms. The molecule has 0 amide bonds. The molecule has 1 fully saturated rings. The maximum Gasteiger partial charge on any atom is 0.174 e. The molecule has 0 aliphatic carbocycles. The molecule has 0 spiro atoms. The minimum absolute atomic E-state index is 0.0840. The standard InChI is InChI=1S/C27H26N4OS/c1-3-32-22-15-13-21(14-16-22)31-26(25(29-27(31)33)23-11-7-8-18-28-23)24-17-12-19(2)30(24)20-9-5-4-6-10-20/h4-18,25-26H,3H2,1-2H3,(H,29,33). The predicted octanol–water partition coefficient (Wildman–Crippen LogP) is 5.76. The summed E-state index contributed by atoms with van der Waals surface area (Å²) in [4.78, 5) is 6.86. The molecule has 1 N–H and O–H groups in total. The lowest BCUT2D eigenvalue weighted by Crippen LogP contribution is -2.30. The van der Waals surface area contributed by atoms with Gasteiger partial charge in [0.05, 0.1) is 18.3 Å². The number of hydrogen-bond acceptors (Lipinski definition) is 3. The summed E-state index contributed by atoms with van der Waals surface area (Å²) in [6.07, 6.45) is 1.83. The van der Waals surface area contributed by atoms with Crippen LogP contribution in [0.1, 0.15) is 36.1 Å². The minimum atomic E-state index is -0.0953. The Hall–Kier alpha value is -3.64. The van der Waals surface area contributed by atoms with Gasteiger partial charge in [-0.2, -0.15) is 0 Å². The van der Waals surface area contributed by atoms with E-state index in [0.29, 0.717) is 11.7 Å². The van der Waals surface area contributed by atoms with Gasteiger partial charge in [-0.3, -0.25) is 4.98 Å². The normalized spacial score (nSPS) is 17.8. The van der Waals surface area contributed by atoms with E-state index in [1.54, 1.807) is 0 Å². The summed E-state index contributed by atoms with van der Waals surface area (Å²) in [6, 6.07) is 28.7. The monoisotopic (exact) mass is 454 g/mol. The highest BCUT2D eigenvalue weighted by atomic mass is 32.1. The quantitative estimate of drug-likeness (QED) is 0.376. The maximum absolute atomic E-state index is 5.87. The fourth-order valence-corrected chi connectivity index (χ4v) is 4.87. The van der Waals surface area contributed by atoms with Gasteiger partial charge < -0.3 is 19.5 Å². The minimum Gasteiger partial charge on any atom is -0.494 e. The van der Waals surface area contributed by atoms with E-state index in [1.807, 2.05) is 43.5 Å². The number of anilines is 1. The number of nitrogens with one attached hydrogen (secondary N) is 1. The zero-order valence-corrected chi connectivity index (χ0v) is 19.5. The molecule has 2 aromatic heterocycles. The third-order valence-corrected chi connectivity index (χ3v) is 6.26. The predicted molar refractivity (Wildman–Crippen MR) is 136 cm³/mol. The zero-order chi connectivity index (χ0) is 22.8. The fraction of sp³-hybridized carbons (Fsp3) is 0.185. The molecule has 3 heterocycles. The van der Waals surface area contributed by atoms with E-state index in [4.69, 9.17) is 17.0 Å². The maximum atomic E-state index is 5.87. The molecule has 1 aliphatic rings. The number of aryl methyl sites for hydroxylation is 1. The van der Waals surface area contributed by atoms with Crippen LogP contribution in [0, 0.1) is 6.92 Å². The van der Waals surface area contributed by atoms with Gasteiger partial charge in [0.1, 0.15) is 11.8 Å². The van der Waals surface area contributed by atoms with Gasteiger partial charge in [-0.25, -0.2) is 0 Å². The first-order chi connectivity index (χ1) is 16.2. The van der Waals surface area contributed by atoms with E-state index in [0.717, 1.165) is 28.5 Å². The van der Waals surface area contributed by atoms with E-state index in [9.17, 15) is 0 Å². The largest absolute Gasteiger partial charge is 0.494 e. The average Bonchev–Trinajstić information content (AvgIpc) is 3.40. The molecule has 1 aliphatic heterocycles. The van der Waals surface area contributed by atoms with Gasteiger partial charge in [0.25, 0.3) is 0 Å². The number of thiocarbonyl (C=S) groups is 1. The van der Waals surface area contributed by atoms with Crippen molar-refractivity contribution in [3.8, 4) is 11.4 Å². The lowest BCUT2D eigenvalue weighted by atomic mass is 10.0. The van der Waals surface area contributed by atoms with Crippen molar-refractivity contribution in [1.29, 1.82) is 0 Å². The molecule has 2 aromatic carbocycles.